The summed E-state index contributed by atoms with van der Waals surface area (Å²) in [7, 11) is 1.85. The lowest BCUT2D eigenvalue weighted by atomic mass is 9.81. The van der Waals surface area contributed by atoms with Crippen molar-refractivity contribution in [2.24, 2.45) is 7.05 Å². The Morgan fingerprint density at radius 1 is 0.944 bits per heavy atom. The Kier molecular flexibility index (Phi) is 4.93. The SMILES string of the molecule is Cn1cncc1C1(O)c2ccc(C#N)c(c2)CCc2cccc(c2)-c2cc(C#N)nc3ccc1cc23. The van der Waals surface area contributed by atoms with Crippen LogP contribution in [0.2, 0.25) is 0 Å². The highest BCUT2D eigenvalue weighted by atomic mass is 16.3. The first-order valence-corrected chi connectivity index (χ1v) is 11.7. The number of nitriles is 2. The number of nitrogens with zero attached hydrogens (tertiary/aromatic N) is 5. The molecule has 0 amide bonds. The van der Waals surface area contributed by atoms with E-state index in [1.807, 2.05) is 55.6 Å². The van der Waals surface area contributed by atoms with Gasteiger partial charge in [-0.3, -0.25) is 0 Å². The summed E-state index contributed by atoms with van der Waals surface area (Å²) in [5.74, 6) is 0. The second-order valence-electron chi connectivity index (χ2n) is 9.18. The summed E-state index contributed by atoms with van der Waals surface area (Å²) in [4.78, 5) is 8.82. The van der Waals surface area contributed by atoms with Crippen molar-refractivity contribution in [1.29, 1.82) is 10.5 Å². The molecule has 1 aliphatic carbocycles. The van der Waals surface area contributed by atoms with Crippen molar-refractivity contribution in [2.75, 3.05) is 0 Å². The maximum absolute atomic E-state index is 12.5. The molecule has 36 heavy (non-hydrogen) atoms. The van der Waals surface area contributed by atoms with Gasteiger partial charge in [0.2, 0.25) is 0 Å². The van der Waals surface area contributed by atoms with Crippen LogP contribution in [0.4, 0.5) is 0 Å². The predicted molar refractivity (Wildman–Crippen MR) is 136 cm³/mol. The van der Waals surface area contributed by atoms with E-state index in [9.17, 15) is 15.6 Å². The lowest BCUT2D eigenvalue weighted by molar-refractivity contribution is 0.117. The van der Waals surface area contributed by atoms with Crippen LogP contribution in [0.1, 0.15) is 39.2 Å². The first kappa shape index (κ1) is 21.7. The van der Waals surface area contributed by atoms with E-state index >= 15 is 0 Å². The number of aliphatic hydroxyl groups is 1. The molecule has 172 valence electrons. The third-order valence-corrected chi connectivity index (χ3v) is 7.09. The van der Waals surface area contributed by atoms with Crippen LogP contribution < -0.4 is 0 Å². The molecule has 1 aliphatic rings. The van der Waals surface area contributed by atoms with E-state index in [0.717, 1.165) is 34.1 Å². The van der Waals surface area contributed by atoms with E-state index in [-0.39, 0.29) is 0 Å². The Morgan fingerprint density at radius 2 is 1.78 bits per heavy atom. The summed E-state index contributed by atoms with van der Waals surface area (Å²) in [6, 6.07) is 25.7. The molecule has 3 aromatic carbocycles. The first-order valence-electron chi connectivity index (χ1n) is 11.7. The number of pyridine rings is 1. The molecule has 2 heterocycles. The normalized spacial score (nSPS) is 16.4. The summed E-state index contributed by atoms with van der Waals surface area (Å²) in [5, 5.41) is 32.8. The number of aryl methyl sites for hydroxylation is 3. The fourth-order valence-electron chi connectivity index (χ4n) is 5.22. The number of hydrogen-bond donors (Lipinski definition) is 1. The molecule has 0 radical (unpaired) electrons. The molecule has 1 unspecified atom stereocenters. The number of rotatable bonds is 1. The summed E-state index contributed by atoms with van der Waals surface area (Å²) >= 11 is 0. The van der Waals surface area contributed by atoms with Crippen LogP contribution in [0, 0.1) is 22.7 Å². The van der Waals surface area contributed by atoms with Crippen LogP contribution in [0.25, 0.3) is 22.0 Å². The molecular weight excluding hydrogens is 446 g/mol. The van der Waals surface area contributed by atoms with E-state index in [1.54, 1.807) is 23.2 Å². The molecule has 1 N–H and O–H groups in total. The van der Waals surface area contributed by atoms with Gasteiger partial charge in [0.05, 0.1) is 35.4 Å². The van der Waals surface area contributed by atoms with Gasteiger partial charge < -0.3 is 9.67 Å². The third-order valence-electron chi connectivity index (χ3n) is 7.09. The monoisotopic (exact) mass is 467 g/mol. The zero-order valence-electron chi connectivity index (χ0n) is 19.6. The van der Waals surface area contributed by atoms with Crippen LogP contribution >= 0.6 is 0 Å². The maximum atomic E-state index is 12.5. The van der Waals surface area contributed by atoms with E-state index in [1.165, 1.54) is 0 Å². The Labute approximate surface area is 208 Å². The zero-order valence-corrected chi connectivity index (χ0v) is 19.6. The van der Waals surface area contributed by atoms with Crippen molar-refractivity contribution in [3.05, 3.63) is 118 Å². The van der Waals surface area contributed by atoms with Crippen molar-refractivity contribution in [2.45, 2.75) is 18.4 Å². The van der Waals surface area contributed by atoms with Crippen LogP contribution in [0.5, 0.6) is 0 Å². The molecule has 1 atom stereocenters. The molecule has 2 aromatic heterocycles. The van der Waals surface area contributed by atoms with Crippen LogP contribution in [-0.2, 0) is 25.5 Å². The first-order chi connectivity index (χ1) is 17.5. The highest BCUT2D eigenvalue weighted by molar-refractivity contribution is 5.96. The highest BCUT2D eigenvalue weighted by Crippen LogP contribution is 2.40. The molecule has 0 aliphatic heterocycles. The van der Waals surface area contributed by atoms with Crippen molar-refractivity contribution >= 4 is 10.9 Å². The van der Waals surface area contributed by atoms with Crippen molar-refractivity contribution in [3.8, 4) is 23.3 Å². The number of imidazole rings is 1. The Balaban J connectivity index is 1.75. The molecular formula is C30H21N5O. The van der Waals surface area contributed by atoms with Gasteiger partial charge in [-0.15, -0.1) is 0 Å². The lowest BCUT2D eigenvalue weighted by Gasteiger charge is -2.30. The van der Waals surface area contributed by atoms with Gasteiger partial charge in [-0.2, -0.15) is 10.5 Å². The average Bonchev–Trinajstić information content (AvgIpc) is 3.36. The largest absolute Gasteiger partial charge is 0.374 e. The van der Waals surface area contributed by atoms with Gasteiger partial charge in [0, 0.05) is 12.4 Å². The van der Waals surface area contributed by atoms with Gasteiger partial charge in [0.15, 0.2) is 5.60 Å². The minimum Gasteiger partial charge on any atom is -0.374 e. The van der Waals surface area contributed by atoms with Gasteiger partial charge in [0.1, 0.15) is 11.8 Å². The number of hydrogen-bond acceptors (Lipinski definition) is 5. The molecule has 0 saturated heterocycles. The van der Waals surface area contributed by atoms with Gasteiger partial charge in [-0.05, 0) is 70.5 Å². The second kappa shape index (κ2) is 8.16. The molecule has 6 rings (SSSR count). The number of benzene rings is 3. The fourth-order valence-corrected chi connectivity index (χ4v) is 5.22. The molecule has 6 nitrogen and oxygen atoms in total. The lowest BCUT2D eigenvalue weighted by Crippen LogP contribution is -2.31. The van der Waals surface area contributed by atoms with E-state index in [4.69, 9.17) is 0 Å². The Bertz CT molecular complexity index is 1750. The van der Waals surface area contributed by atoms with Gasteiger partial charge in [0.25, 0.3) is 0 Å². The van der Waals surface area contributed by atoms with E-state index in [2.05, 4.69) is 34.2 Å². The molecule has 6 heteroatoms. The minimum absolute atomic E-state index is 0.340. The molecule has 0 saturated carbocycles. The predicted octanol–water partition coefficient (Wildman–Crippen LogP) is 4.76. The van der Waals surface area contributed by atoms with Crippen LogP contribution in [-0.4, -0.2) is 19.6 Å². The van der Waals surface area contributed by atoms with Crippen LogP contribution in [0.3, 0.4) is 0 Å². The van der Waals surface area contributed by atoms with E-state index in [0.29, 0.717) is 40.0 Å². The topological polar surface area (TPSA) is 98.5 Å². The van der Waals surface area contributed by atoms with Gasteiger partial charge in [-0.25, -0.2) is 9.97 Å². The highest BCUT2D eigenvalue weighted by Gasteiger charge is 2.37. The molecule has 6 bridgehead atoms. The standard InChI is InChI=1S/C30H21N5O/c1-35-18-33-17-29(35)30(36)23-8-7-22(15-31)20(12-23)6-5-19-3-2-4-21(11-19)26-14-25(16-32)34-28-10-9-24(30)13-27(26)28/h2-4,7-14,17-18,36H,5-6H2,1H3. The summed E-state index contributed by atoms with van der Waals surface area (Å²) < 4.78 is 1.81. The minimum atomic E-state index is -1.53. The quantitative estimate of drug-likeness (QED) is 0.383. The molecule has 5 aromatic rings. The molecule has 0 spiro atoms. The Morgan fingerprint density at radius 3 is 2.56 bits per heavy atom. The average molecular weight is 468 g/mol. The fraction of sp³-hybridized carbons (Fsp3) is 0.133. The van der Waals surface area contributed by atoms with Crippen molar-refractivity contribution in [3.63, 3.8) is 0 Å². The maximum Gasteiger partial charge on any atom is 0.156 e. The smallest absolute Gasteiger partial charge is 0.156 e. The summed E-state index contributed by atoms with van der Waals surface area (Å²) in [6.45, 7) is 0. The van der Waals surface area contributed by atoms with E-state index < -0.39 is 5.60 Å². The van der Waals surface area contributed by atoms with Crippen LogP contribution in [0.15, 0.2) is 79.3 Å². The summed E-state index contributed by atoms with van der Waals surface area (Å²) in [6.07, 6.45) is 4.71. The number of aromatic nitrogens is 3. The second-order valence-corrected chi connectivity index (χ2v) is 9.18. The van der Waals surface area contributed by atoms with Gasteiger partial charge >= 0.3 is 0 Å². The van der Waals surface area contributed by atoms with Crippen molar-refractivity contribution in [1.82, 2.24) is 14.5 Å². The van der Waals surface area contributed by atoms with Crippen molar-refractivity contribution < 1.29 is 5.11 Å². The third kappa shape index (κ3) is 3.28. The zero-order chi connectivity index (χ0) is 24.9. The number of fused-ring (bicyclic) bond motifs is 6. The summed E-state index contributed by atoms with van der Waals surface area (Å²) in [5.41, 5.74) is 5.88. The van der Waals surface area contributed by atoms with Gasteiger partial charge in [-0.1, -0.05) is 42.5 Å². The molecule has 0 fully saturated rings. The Hall–Kier alpha value is -4.78.